The van der Waals surface area contributed by atoms with Crippen molar-refractivity contribution in [1.82, 2.24) is 0 Å². The van der Waals surface area contributed by atoms with Gasteiger partial charge < -0.3 is 0 Å². The first-order valence-electron chi connectivity index (χ1n) is 14.1. The lowest BCUT2D eigenvalue weighted by atomic mass is 9.76. The van der Waals surface area contributed by atoms with Crippen LogP contribution in [0.4, 0.5) is 4.39 Å². The smallest absolute Gasteiger partial charge is 0.134 e. The quantitative estimate of drug-likeness (QED) is 0.162. The maximum atomic E-state index is 15.5. The van der Waals surface area contributed by atoms with Gasteiger partial charge in [0.1, 0.15) is 5.82 Å². The molecule has 1 saturated carbocycles. The minimum atomic E-state index is -0.0214. The van der Waals surface area contributed by atoms with Gasteiger partial charge in [-0.25, -0.2) is 4.39 Å². The largest absolute Gasteiger partial charge is 0.206 e. The molecular formula is C35H41F. The first-order chi connectivity index (χ1) is 17.7. The summed E-state index contributed by atoms with van der Waals surface area (Å²) in [6.07, 6.45) is 17.9. The Kier molecular flexibility index (Phi) is 9.80. The zero-order valence-corrected chi connectivity index (χ0v) is 22.2. The lowest BCUT2D eigenvalue weighted by molar-refractivity contribution is 0.299. The van der Waals surface area contributed by atoms with Gasteiger partial charge in [0.25, 0.3) is 0 Å². The van der Waals surface area contributed by atoms with Crippen LogP contribution in [0.1, 0.15) is 106 Å². The summed E-state index contributed by atoms with van der Waals surface area (Å²) in [5.74, 6) is 7.72. The number of halogens is 1. The molecule has 0 unspecified atom stereocenters. The van der Waals surface area contributed by atoms with E-state index in [4.69, 9.17) is 0 Å². The Morgan fingerprint density at radius 2 is 1.61 bits per heavy atom. The molecule has 0 nitrogen and oxygen atoms in total. The highest BCUT2D eigenvalue weighted by atomic mass is 19.1. The molecule has 0 radical (unpaired) electrons. The fourth-order valence-corrected chi connectivity index (χ4v) is 5.64. The monoisotopic (exact) mass is 480 g/mol. The average molecular weight is 481 g/mol. The number of unbranched alkanes of at least 4 members (excludes halogenated alkanes) is 3. The number of rotatable bonds is 9. The van der Waals surface area contributed by atoms with Crippen LogP contribution in [-0.2, 0) is 6.42 Å². The fourth-order valence-electron chi connectivity index (χ4n) is 5.64. The highest BCUT2D eigenvalue weighted by molar-refractivity contribution is 5.85. The third-order valence-corrected chi connectivity index (χ3v) is 7.88. The molecule has 0 saturated heterocycles. The van der Waals surface area contributed by atoms with E-state index in [1.165, 1.54) is 50.5 Å². The van der Waals surface area contributed by atoms with Crippen LogP contribution in [0, 0.1) is 23.6 Å². The van der Waals surface area contributed by atoms with Crippen molar-refractivity contribution in [2.24, 2.45) is 5.92 Å². The van der Waals surface area contributed by atoms with Crippen molar-refractivity contribution in [3.63, 3.8) is 0 Å². The SMILES string of the molecule is C/C=C/CCc1ccc(C#Cc2ccc3c(F)c(C4CCC(CCCCCC)CC4)ccc3c2)cc1. The Balaban J connectivity index is 1.39. The Labute approximate surface area is 218 Å². The molecule has 1 fully saturated rings. The molecule has 0 aromatic heterocycles. The van der Waals surface area contributed by atoms with Gasteiger partial charge in [-0.15, -0.1) is 0 Å². The predicted octanol–water partition coefficient (Wildman–Crippen LogP) is 10.1. The van der Waals surface area contributed by atoms with Crippen LogP contribution in [0.5, 0.6) is 0 Å². The van der Waals surface area contributed by atoms with Gasteiger partial charge in [0.05, 0.1) is 0 Å². The summed E-state index contributed by atoms with van der Waals surface area (Å²) in [4.78, 5) is 0. The van der Waals surface area contributed by atoms with E-state index in [0.717, 1.165) is 59.1 Å². The number of benzene rings is 3. The number of fused-ring (bicyclic) bond motifs is 1. The van der Waals surface area contributed by atoms with Gasteiger partial charge in [0.15, 0.2) is 0 Å². The number of aryl methyl sites for hydroxylation is 1. The van der Waals surface area contributed by atoms with Gasteiger partial charge in [0.2, 0.25) is 0 Å². The molecule has 3 aromatic carbocycles. The minimum absolute atomic E-state index is 0.0214. The van der Waals surface area contributed by atoms with Crippen LogP contribution in [0.2, 0.25) is 0 Å². The van der Waals surface area contributed by atoms with Crippen molar-refractivity contribution in [1.29, 1.82) is 0 Å². The van der Waals surface area contributed by atoms with Gasteiger partial charge in [-0.1, -0.05) is 93.4 Å². The molecule has 1 aliphatic carbocycles. The maximum Gasteiger partial charge on any atom is 0.134 e. The molecule has 1 aliphatic rings. The van der Waals surface area contributed by atoms with Gasteiger partial charge in [-0.2, -0.15) is 0 Å². The Hall–Kier alpha value is -2.85. The van der Waals surface area contributed by atoms with Crippen LogP contribution in [-0.4, -0.2) is 0 Å². The zero-order chi connectivity index (χ0) is 25.2. The van der Waals surface area contributed by atoms with Crippen molar-refractivity contribution in [3.05, 3.63) is 94.8 Å². The molecule has 188 valence electrons. The summed E-state index contributed by atoms with van der Waals surface area (Å²) < 4.78 is 15.5. The van der Waals surface area contributed by atoms with E-state index in [-0.39, 0.29) is 5.82 Å². The summed E-state index contributed by atoms with van der Waals surface area (Å²) in [5, 5.41) is 1.66. The lowest BCUT2D eigenvalue weighted by Crippen LogP contribution is -2.14. The van der Waals surface area contributed by atoms with Gasteiger partial charge in [-0.3, -0.25) is 0 Å². The number of hydrogen-bond donors (Lipinski definition) is 0. The summed E-state index contributed by atoms with van der Waals surface area (Å²) in [6.45, 7) is 4.32. The summed E-state index contributed by atoms with van der Waals surface area (Å²) >= 11 is 0. The van der Waals surface area contributed by atoms with Crippen LogP contribution >= 0.6 is 0 Å². The second-order valence-electron chi connectivity index (χ2n) is 10.5. The number of hydrogen-bond acceptors (Lipinski definition) is 0. The molecule has 36 heavy (non-hydrogen) atoms. The van der Waals surface area contributed by atoms with Crippen molar-refractivity contribution >= 4 is 10.8 Å². The average Bonchev–Trinajstić information content (AvgIpc) is 2.91. The Morgan fingerprint density at radius 3 is 2.36 bits per heavy atom. The molecule has 0 N–H and O–H groups in total. The fraction of sp³-hybridized carbons (Fsp3) is 0.429. The van der Waals surface area contributed by atoms with E-state index in [0.29, 0.717) is 5.92 Å². The van der Waals surface area contributed by atoms with Crippen molar-refractivity contribution in [2.75, 3.05) is 0 Å². The summed E-state index contributed by atoms with van der Waals surface area (Å²) in [7, 11) is 0. The molecule has 3 aromatic rings. The van der Waals surface area contributed by atoms with Crippen LogP contribution in [0.15, 0.2) is 66.7 Å². The second-order valence-corrected chi connectivity index (χ2v) is 10.5. The first-order valence-corrected chi connectivity index (χ1v) is 14.1. The standard InChI is InChI=1S/C35H41F/c1-3-5-7-9-11-28-18-21-31(22-19-28)33-25-23-32-26-30(20-24-34(32)35(33)36)17-16-29-14-12-27(13-15-29)10-8-6-4-2/h4,6,12-15,20,23-26,28,31H,3,5,7-11,18-19,21-22H2,1-2H3/b6-4+. The van der Waals surface area contributed by atoms with E-state index in [9.17, 15) is 0 Å². The Morgan fingerprint density at radius 1 is 0.861 bits per heavy atom. The van der Waals surface area contributed by atoms with Crippen LogP contribution in [0.3, 0.4) is 0 Å². The zero-order valence-electron chi connectivity index (χ0n) is 22.2. The predicted molar refractivity (Wildman–Crippen MR) is 153 cm³/mol. The van der Waals surface area contributed by atoms with Crippen LogP contribution in [0.25, 0.3) is 10.8 Å². The van der Waals surface area contributed by atoms with E-state index >= 15 is 4.39 Å². The van der Waals surface area contributed by atoms with E-state index in [1.807, 2.05) is 24.3 Å². The van der Waals surface area contributed by atoms with E-state index in [1.54, 1.807) is 0 Å². The van der Waals surface area contributed by atoms with E-state index < -0.39 is 0 Å². The van der Waals surface area contributed by atoms with Crippen molar-refractivity contribution in [3.8, 4) is 11.8 Å². The normalized spacial score (nSPS) is 17.9. The van der Waals surface area contributed by atoms with Crippen molar-refractivity contribution in [2.45, 2.75) is 90.4 Å². The highest BCUT2D eigenvalue weighted by Crippen LogP contribution is 2.40. The van der Waals surface area contributed by atoms with E-state index in [2.05, 4.69) is 68.2 Å². The second kappa shape index (κ2) is 13.5. The molecule has 4 rings (SSSR count). The molecule has 0 atom stereocenters. The minimum Gasteiger partial charge on any atom is -0.206 e. The van der Waals surface area contributed by atoms with Crippen LogP contribution < -0.4 is 0 Å². The molecule has 0 spiro atoms. The molecule has 1 heteroatoms. The Bertz CT molecular complexity index is 1200. The van der Waals surface area contributed by atoms with Crippen molar-refractivity contribution < 1.29 is 4.39 Å². The first kappa shape index (κ1) is 26.2. The molecule has 0 amide bonds. The van der Waals surface area contributed by atoms with Gasteiger partial charge >= 0.3 is 0 Å². The highest BCUT2D eigenvalue weighted by Gasteiger charge is 2.24. The maximum absolute atomic E-state index is 15.5. The third kappa shape index (κ3) is 7.10. The lowest BCUT2D eigenvalue weighted by Gasteiger charge is -2.29. The van der Waals surface area contributed by atoms with Gasteiger partial charge in [-0.05, 0) is 98.1 Å². The van der Waals surface area contributed by atoms with Gasteiger partial charge in [0, 0.05) is 16.5 Å². The molecular weight excluding hydrogens is 439 g/mol. The third-order valence-electron chi connectivity index (χ3n) is 7.88. The summed E-state index contributed by atoms with van der Waals surface area (Å²) in [6, 6.07) is 18.5. The topological polar surface area (TPSA) is 0 Å². The molecule has 0 bridgehead atoms. The summed E-state index contributed by atoms with van der Waals surface area (Å²) in [5.41, 5.74) is 4.18. The molecule has 0 aliphatic heterocycles. The number of allylic oxidation sites excluding steroid dienone is 2. The molecule has 0 heterocycles.